The molecule has 0 spiro atoms. The number of nitrogens with zero attached hydrogens (tertiary/aromatic N) is 2. The van der Waals surface area contributed by atoms with Crippen molar-refractivity contribution in [2.24, 2.45) is 5.92 Å². The Balaban J connectivity index is 1.66. The van der Waals surface area contributed by atoms with Crippen molar-refractivity contribution in [3.8, 4) is 0 Å². The van der Waals surface area contributed by atoms with Crippen molar-refractivity contribution in [1.82, 2.24) is 14.5 Å². The normalized spacial score (nSPS) is 26.8. The average molecular weight is 367 g/mol. The third-order valence-corrected chi connectivity index (χ3v) is 6.55. The molecule has 1 aromatic rings. The van der Waals surface area contributed by atoms with Crippen LogP contribution in [0, 0.1) is 5.92 Å². The standard InChI is InChI=1S/C17H25N3O4S/c1-19(2)9-8-18-17(21)15-10-13-11-20(12-16(15)24-13)25(22,23)14-6-4-3-5-7-14/h3-7,13,15-16H,8-12H2,1-2H3,(H,18,21)/t13-,15+,16-/m1/s1. The summed E-state index contributed by atoms with van der Waals surface area (Å²) in [4.78, 5) is 14.7. The molecule has 0 radical (unpaired) electrons. The second-order valence-corrected chi connectivity index (χ2v) is 8.81. The number of ether oxygens (including phenoxy) is 1. The minimum Gasteiger partial charge on any atom is -0.371 e. The Morgan fingerprint density at radius 2 is 2.00 bits per heavy atom. The second-order valence-electron chi connectivity index (χ2n) is 6.87. The van der Waals surface area contributed by atoms with Gasteiger partial charge in [-0.2, -0.15) is 4.31 Å². The lowest BCUT2D eigenvalue weighted by Crippen LogP contribution is -2.48. The van der Waals surface area contributed by atoms with E-state index in [0.29, 0.717) is 19.5 Å². The first-order chi connectivity index (χ1) is 11.9. The zero-order chi connectivity index (χ0) is 18.0. The summed E-state index contributed by atoms with van der Waals surface area (Å²) in [6.45, 7) is 1.86. The lowest BCUT2D eigenvalue weighted by atomic mass is 9.99. The number of fused-ring (bicyclic) bond motifs is 2. The molecule has 2 aliphatic rings. The van der Waals surface area contributed by atoms with Gasteiger partial charge >= 0.3 is 0 Å². The van der Waals surface area contributed by atoms with Crippen LogP contribution in [0.3, 0.4) is 0 Å². The van der Waals surface area contributed by atoms with Gasteiger partial charge in [-0.1, -0.05) is 18.2 Å². The molecule has 0 aromatic heterocycles. The quantitative estimate of drug-likeness (QED) is 0.774. The number of sulfonamides is 1. The van der Waals surface area contributed by atoms with Gasteiger partial charge in [0.2, 0.25) is 15.9 Å². The van der Waals surface area contributed by atoms with E-state index in [1.165, 1.54) is 4.31 Å². The summed E-state index contributed by atoms with van der Waals surface area (Å²) in [7, 11) is 0.347. The fourth-order valence-electron chi connectivity index (χ4n) is 3.37. The maximum absolute atomic E-state index is 12.8. The summed E-state index contributed by atoms with van der Waals surface area (Å²) in [5.74, 6) is -0.337. The number of hydrogen-bond donors (Lipinski definition) is 1. The largest absolute Gasteiger partial charge is 0.371 e. The molecule has 138 valence electrons. The van der Waals surface area contributed by atoms with Crippen LogP contribution in [0.2, 0.25) is 0 Å². The van der Waals surface area contributed by atoms with Crippen LogP contribution in [-0.2, 0) is 19.6 Å². The zero-order valence-corrected chi connectivity index (χ0v) is 15.4. The van der Waals surface area contributed by atoms with Gasteiger partial charge < -0.3 is 15.0 Å². The molecule has 1 amide bonds. The van der Waals surface area contributed by atoms with Gasteiger partial charge in [-0.15, -0.1) is 0 Å². The van der Waals surface area contributed by atoms with Crippen LogP contribution in [0.5, 0.6) is 0 Å². The number of hydrogen-bond acceptors (Lipinski definition) is 5. The van der Waals surface area contributed by atoms with Gasteiger partial charge in [0.25, 0.3) is 0 Å². The van der Waals surface area contributed by atoms with Crippen LogP contribution in [0.4, 0.5) is 0 Å². The van der Waals surface area contributed by atoms with E-state index >= 15 is 0 Å². The van der Waals surface area contributed by atoms with Crippen molar-refractivity contribution in [3.05, 3.63) is 30.3 Å². The van der Waals surface area contributed by atoms with E-state index in [1.54, 1.807) is 30.3 Å². The molecule has 2 heterocycles. The molecule has 0 aliphatic carbocycles. The third kappa shape index (κ3) is 4.03. The number of carbonyl (C=O) groups is 1. The predicted octanol–water partition coefficient (Wildman–Crippen LogP) is 0.142. The molecule has 3 rings (SSSR count). The molecule has 1 aromatic carbocycles. The highest BCUT2D eigenvalue weighted by atomic mass is 32.2. The van der Waals surface area contributed by atoms with E-state index in [4.69, 9.17) is 4.74 Å². The number of nitrogens with one attached hydrogen (secondary N) is 1. The van der Waals surface area contributed by atoms with E-state index in [1.807, 2.05) is 19.0 Å². The Morgan fingerprint density at radius 3 is 2.68 bits per heavy atom. The summed E-state index contributed by atoms with van der Waals surface area (Å²) in [6, 6.07) is 8.40. The van der Waals surface area contributed by atoms with Gasteiger partial charge in [-0.25, -0.2) is 8.42 Å². The highest BCUT2D eigenvalue weighted by Gasteiger charge is 2.47. The minimum atomic E-state index is -3.55. The molecule has 8 heteroatoms. The number of amides is 1. The van der Waals surface area contributed by atoms with Crippen LogP contribution in [-0.4, -0.2) is 76.0 Å². The summed E-state index contributed by atoms with van der Waals surface area (Å²) in [6.07, 6.45) is -0.0300. The monoisotopic (exact) mass is 367 g/mol. The van der Waals surface area contributed by atoms with Crippen molar-refractivity contribution in [2.75, 3.05) is 40.3 Å². The Bertz CT molecular complexity index is 708. The Morgan fingerprint density at radius 1 is 1.28 bits per heavy atom. The number of morpholine rings is 1. The molecule has 2 saturated heterocycles. The smallest absolute Gasteiger partial charge is 0.243 e. The average Bonchev–Trinajstić information content (AvgIpc) is 2.89. The topological polar surface area (TPSA) is 79.0 Å². The first-order valence-electron chi connectivity index (χ1n) is 8.51. The lowest BCUT2D eigenvalue weighted by Gasteiger charge is -2.32. The molecular formula is C17H25N3O4S. The summed E-state index contributed by atoms with van der Waals surface area (Å²) in [5, 5.41) is 2.93. The Labute approximate surface area is 149 Å². The van der Waals surface area contributed by atoms with Gasteiger partial charge in [-0.05, 0) is 32.6 Å². The fourth-order valence-corrected chi connectivity index (χ4v) is 4.88. The zero-order valence-electron chi connectivity index (χ0n) is 14.6. The summed E-state index contributed by atoms with van der Waals surface area (Å²) < 4.78 is 32.9. The van der Waals surface area contributed by atoms with Crippen LogP contribution in [0.25, 0.3) is 0 Å². The van der Waals surface area contributed by atoms with Crippen molar-refractivity contribution >= 4 is 15.9 Å². The number of likely N-dealkylation sites (N-methyl/N-ethyl adjacent to an activating group) is 1. The highest BCUT2D eigenvalue weighted by molar-refractivity contribution is 7.89. The molecular weight excluding hydrogens is 342 g/mol. The molecule has 1 N–H and O–H groups in total. The maximum atomic E-state index is 12.8. The van der Waals surface area contributed by atoms with Crippen LogP contribution in [0.1, 0.15) is 6.42 Å². The highest BCUT2D eigenvalue weighted by Crippen LogP contribution is 2.34. The lowest BCUT2D eigenvalue weighted by molar-refractivity contribution is -0.127. The predicted molar refractivity (Wildman–Crippen MR) is 93.5 cm³/mol. The second kappa shape index (κ2) is 7.41. The van der Waals surface area contributed by atoms with Crippen molar-refractivity contribution in [2.45, 2.75) is 23.5 Å². The van der Waals surface area contributed by atoms with Gasteiger partial charge in [0.05, 0.1) is 23.0 Å². The van der Waals surface area contributed by atoms with Crippen LogP contribution in [0.15, 0.2) is 35.2 Å². The van der Waals surface area contributed by atoms with Crippen LogP contribution < -0.4 is 5.32 Å². The first-order valence-corrected chi connectivity index (χ1v) is 9.95. The van der Waals surface area contributed by atoms with Crippen molar-refractivity contribution < 1.29 is 17.9 Å². The Hall–Kier alpha value is -1.48. The number of rotatable bonds is 6. The molecule has 25 heavy (non-hydrogen) atoms. The molecule has 0 unspecified atom stereocenters. The van der Waals surface area contributed by atoms with E-state index < -0.39 is 10.0 Å². The third-order valence-electron chi connectivity index (χ3n) is 4.70. The van der Waals surface area contributed by atoms with Gasteiger partial charge in [0.15, 0.2) is 0 Å². The number of carbonyl (C=O) groups excluding carboxylic acids is 1. The molecule has 7 nitrogen and oxygen atoms in total. The van der Waals surface area contributed by atoms with E-state index in [9.17, 15) is 13.2 Å². The maximum Gasteiger partial charge on any atom is 0.243 e. The van der Waals surface area contributed by atoms with Gasteiger partial charge in [0, 0.05) is 26.2 Å². The summed E-state index contributed by atoms with van der Waals surface area (Å²) >= 11 is 0. The molecule has 0 saturated carbocycles. The van der Waals surface area contributed by atoms with Crippen molar-refractivity contribution in [3.63, 3.8) is 0 Å². The molecule has 2 bridgehead atoms. The minimum absolute atomic E-state index is 0.0479. The fraction of sp³-hybridized carbons (Fsp3) is 0.588. The summed E-state index contributed by atoms with van der Waals surface area (Å²) in [5.41, 5.74) is 0. The first kappa shape index (κ1) is 18.3. The molecule has 2 aliphatic heterocycles. The van der Waals surface area contributed by atoms with Crippen molar-refractivity contribution in [1.29, 1.82) is 0 Å². The molecule has 3 atom stereocenters. The van der Waals surface area contributed by atoms with Gasteiger partial charge in [0.1, 0.15) is 0 Å². The van der Waals surface area contributed by atoms with E-state index in [2.05, 4.69) is 5.32 Å². The Kier molecular flexibility index (Phi) is 5.43. The molecule has 2 fully saturated rings. The van der Waals surface area contributed by atoms with Crippen LogP contribution >= 0.6 is 0 Å². The number of benzene rings is 1. The SMILES string of the molecule is CN(C)CCNC(=O)[C@H]1C[C@@H]2CN(S(=O)(=O)c3ccccc3)C[C@H]1O2. The van der Waals surface area contributed by atoms with E-state index in [0.717, 1.165) is 6.54 Å². The van der Waals surface area contributed by atoms with Gasteiger partial charge in [-0.3, -0.25) is 4.79 Å². The van der Waals surface area contributed by atoms with E-state index in [-0.39, 0.29) is 35.5 Å².